The van der Waals surface area contributed by atoms with Crippen molar-refractivity contribution in [3.8, 4) is 11.5 Å². The van der Waals surface area contributed by atoms with Crippen LogP contribution in [0, 0.1) is 11.6 Å². The van der Waals surface area contributed by atoms with Crippen molar-refractivity contribution in [2.45, 2.75) is 12.5 Å². The van der Waals surface area contributed by atoms with E-state index in [1.54, 1.807) is 7.05 Å². The third-order valence-electron chi connectivity index (χ3n) is 3.92. The van der Waals surface area contributed by atoms with Gasteiger partial charge in [-0.05, 0) is 36.2 Å². The highest BCUT2D eigenvalue weighted by molar-refractivity contribution is 5.79. The number of fused-ring (bicyclic) bond motifs is 1. The Hall–Kier alpha value is -2.83. The maximum atomic E-state index is 13.2. The molecule has 0 bridgehead atoms. The molecule has 0 fully saturated rings. The molecule has 7 heteroatoms. The Labute approximate surface area is 151 Å². The predicted octanol–water partition coefficient (Wildman–Crippen LogP) is 2.51. The lowest BCUT2D eigenvalue weighted by atomic mass is 10.1. The van der Waals surface area contributed by atoms with E-state index >= 15 is 0 Å². The molecule has 2 aromatic carbocycles. The molecule has 1 unspecified atom stereocenters. The number of hydrogen-bond acceptors (Lipinski definition) is 3. The molecule has 0 aliphatic carbocycles. The number of aliphatic imine (C=N–C) groups is 1. The van der Waals surface area contributed by atoms with E-state index in [2.05, 4.69) is 15.6 Å². The molecule has 0 radical (unpaired) electrons. The van der Waals surface area contributed by atoms with Crippen LogP contribution in [-0.4, -0.2) is 38.8 Å². The van der Waals surface area contributed by atoms with E-state index in [0.717, 1.165) is 17.6 Å². The van der Waals surface area contributed by atoms with Gasteiger partial charge in [-0.1, -0.05) is 12.1 Å². The van der Waals surface area contributed by atoms with Gasteiger partial charge in [0.15, 0.2) is 17.5 Å². The molecule has 0 amide bonds. The zero-order chi connectivity index (χ0) is 18.4. The van der Waals surface area contributed by atoms with Crippen molar-refractivity contribution in [2.24, 2.45) is 4.99 Å². The number of rotatable bonds is 5. The second kappa shape index (κ2) is 8.51. The van der Waals surface area contributed by atoms with E-state index in [-0.39, 0.29) is 6.10 Å². The topological polar surface area (TPSA) is 54.9 Å². The monoisotopic (exact) mass is 361 g/mol. The highest BCUT2D eigenvalue weighted by Crippen LogP contribution is 2.30. The minimum absolute atomic E-state index is 0.138. The number of nitrogens with one attached hydrogen (secondary N) is 2. The second-order valence-electron chi connectivity index (χ2n) is 5.91. The Morgan fingerprint density at radius 1 is 1.12 bits per heavy atom. The molecule has 5 nitrogen and oxygen atoms in total. The number of para-hydroxylation sites is 2. The van der Waals surface area contributed by atoms with Crippen molar-refractivity contribution >= 4 is 5.96 Å². The van der Waals surface area contributed by atoms with E-state index in [0.29, 0.717) is 37.6 Å². The van der Waals surface area contributed by atoms with Crippen LogP contribution < -0.4 is 20.1 Å². The standard InChI is InChI=1S/C19H21F2N3O2/c1-22-19(23-7-6-13-8-14(20)10-15(21)9-13)24-11-16-12-25-17-4-2-3-5-18(17)26-16/h2-5,8-10,16H,6-7,11-12H2,1H3,(H2,22,23,24). The van der Waals surface area contributed by atoms with Crippen LogP contribution in [0.5, 0.6) is 11.5 Å². The summed E-state index contributed by atoms with van der Waals surface area (Å²) < 4.78 is 37.9. The molecular weight excluding hydrogens is 340 g/mol. The van der Waals surface area contributed by atoms with Crippen molar-refractivity contribution in [3.05, 3.63) is 59.7 Å². The Morgan fingerprint density at radius 3 is 2.58 bits per heavy atom. The Balaban J connectivity index is 1.44. The number of nitrogens with zero attached hydrogens (tertiary/aromatic N) is 1. The molecule has 26 heavy (non-hydrogen) atoms. The third kappa shape index (κ3) is 4.84. The summed E-state index contributed by atoms with van der Waals surface area (Å²) in [6.45, 7) is 1.46. The van der Waals surface area contributed by atoms with Crippen LogP contribution in [0.1, 0.15) is 5.56 Å². The summed E-state index contributed by atoms with van der Waals surface area (Å²) in [4.78, 5) is 4.13. The molecule has 0 saturated carbocycles. The minimum Gasteiger partial charge on any atom is -0.486 e. The fraction of sp³-hybridized carbons (Fsp3) is 0.316. The lowest BCUT2D eigenvalue weighted by molar-refractivity contribution is 0.0936. The highest BCUT2D eigenvalue weighted by Gasteiger charge is 2.20. The van der Waals surface area contributed by atoms with Crippen molar-refractivity contribution in [2.75, 3.05) is 26.7 Å². The molecule has 1 atom stereocenters. The van der Waals surface area contributed by atoms with E-state index in [9.17, 15) is 8.78 Å². The average molecular weight is 361 g/mol. The van der Waals surface area contributed by atoms with E-state index in [1.807, 2.05) is 24.3 Å². The van der Waals surface area contributed by atoms with Gasteiger partial charge in [-0.15, -0.1) is 0 Å². The lowest BCUT2D eigenvalue weighted by Crippen LogP contribution is -2.45. The maximum absolute atomic E-state index is 13.2. The molecule has 1 heterocycles. The van der Waals surface area contributed by atoms with Crippen molar-refractivity contribution < 1.29 is 18.3 Å². The first-order chi connectivity index (χ1) is 12.6. The zero-order valence-electron chi connectivity index (χ0n) is 14.5. The minimum atomic E-state index is -0.572. The van der Waals surface area contributed by atoms with Gasteiger partial charge < -0.3 is 20.1 Å². The SMILES string of the molecule is CN=C(NCCc1cc(F)cc(F)c1)NCC1COc2ccccc2O1. The number of hydrogen-bond donors (Lipinski definition) is 2. The molecule has 138 valence electrons. The number of halogens is 2. The summed E-state index contributed by atoms with van der Waals surface area (Å²) in [6.07, 6.45) is 0.340. The lowest BCUT2D eigenvalue weighted by Gasteiger charge is -2.27. The largest absolute Gasteiger partial charge is 0.486 e. The van der Waals surface area contributed by atoms with Gasteiger partial charge in [0, 0.05) is 19.7 Å². The first-order valence-corrected chi connectivity index (χ1v) is 8.42. The molecular formula is C19H21F2N3O2. The van der Waals surface area contributed by atoms with Gasteiger partial charge in [0.25, 0.3) is 0 Å². The van der Waals surface area contributed by atoms with E-state index < -0.39 is 11.6 Å². The van der Waals surface area contributed by atoms with E-state index in [4.69, 9.17) is 9.47 Å². The Morgan fingerprint density at radius 2 is 1.85 bits per heavy atom. The van der Waals surface area contributed by atoms with Gasteiger partial charge in [-0.2, -0.15) is 0 Å². The van der Waals surface area contributed by atoms with Crippen molar-refractivity contribution in [1.29, 1.82) is 0 Å². The van der Waals surface area contributed by atoms with Gasteiger partial charge in [0.1, 0.15) is 24.3 Å². The molecule has 3 rings (SSSR count). The quantitative estimate of drug-likeness (QED) is 0.635. The van der Waals surface area contributed by atoms with Crippen LogP contribution >= 0.6 is 0 Å². The van der Waals surface area contributed by atoms with Crippen molar-refractivity contribution in [1.82, 2.24) is 10.6 Å². The van der Waals surface area contributed by atoms with Gasteiger partial charge in [-0.3, -0.25) is 4.99 Å². The van der Waals surface area contributed by atoms with Crippen LogP contribution in [0.4, 0.5) is 8.78 Å². The fourth-order valence-electron chi connectivity index (χ4n) is 2.68. The molecule has 2 aromatic rings. The van der Waals surface area contributed by atoms with Crippen LogP contribution in [0.3, 0.4) is 0 Å². The van der Waals surface area contributed by atoms with Gasteiger partial charge in [-0.25, -0.2) is 8.78 Å². The van der Waals surface area contributed by atoms with Gasteiger partial charge in [0.05, 0.1) is 6.54 Å². The van der Waals surface area contributed by atoms with Crippen LogP contribution in [0.15, 0.2) is 47.5 Å². The smallest absolute Gasteiger partial charge is 0.191 e. The normalized spacial score (nSPS) is 16.3. The fourth-order valence-corrected chi connectivity index (χ4v) is 2.68. The first-order valence-electron chi connectivity index (χ1n) is 8.42. The zero-order valence-corrected chi connectivity index (χ0v) is 14.5. The van der Waals surface area contributed by atoms with Crippen LogP contribution in [0.2, 0.25) is 0 Å². The van der Waals surface area contributed by atoms with Gasteiger partial charge >= 0.3 is 0 Å². The summed E-state index contributed by atoms with van der Waals surface area (Å²) in [7, 11) is 1.66. The molecule has 0 saturated heterocycles. The van der Waals surface area contributed by atoms with E-state index in [1.165, 1.54) is 12.1 Å². The van der Waals surface area contributed by atoms with Crippen molar-refractivity contribution in [3.63, 3.8) is 0 Å². The summed E-state index contributed by atoms with van der Waals surface area (Å²) >= 11 is 0. The summed E-state index contributed by atoms with van der Waals surface area (Å²) in [5.41, 5.74) is 0.589. The molecule has 1 aliphatic heterocycles. The number of ether oxygens (including phenoxy) is 2. The molecule has 0 aromatic heterocycles. The maximum Gasteiger partial charge on any atom is 0.191 e. The molecule has 2 N–H and O–H groups in total. The van der Waals surface area contributed by atoms with Crippen LogP contribution in [-0.2, 0) is 6.42 Å². The predicted molar refractivity (Wildman–Crippen MR) is 95.8 cm³/mol. The highest BCUT2D eigenvalue weighted by atomic mass is 19.1. The Bertz CT molecular complexity index is 763. The molecule has 1 aliphatic rings. The third-order valence-corrected chi connectivity index (χ3v) is 3.92. The average Bonchev–Trinajstić information content (AvgIpc) is 2.63. The summed E-state index contributed by atoms with van der Waals surface area (Å²) in [5.74, 6) is 0.911. The van der Waals surface area contributed by atoms with Crippen LogP contribution in [0.25, 0.3) is 0 Å². The summed E-state index contributed by atoms with van der Waals surface area (Å²) in [6, 6.07) is 11.0. The number of guanidine groups is 1. The van der Waals surface area contributed by atoms with Gasteiger partial charge in [0.2, 0.25) is 0 Å². The first kappa shape index (κ1) is 18.0. The summed E-state index contributed by atoms with van der Waals surface area (Å²) in [5, 5.41) is 6.28. The Kier molecular flexibility index (Phi) is 5.88. The molecule has 0 spiro atoms. The number of benzene rings is 2. The second-order valence-corrected chi connectivity index (χ2v) is 5.91.